The standard InChI is InChI=1S/C13H21N3/c1-5-7-16(6-2)13-12(9-14)10(3)8-11(4)15-13/h5,8H,1,6-7,9,14H2,2-4H3. The van der Waals surface area contributed by atoms with Crippen molar-refractivity contribution < 1.29 is 0 Å². The predicted octanol–water partition coefficient (Wildman–Crippen LogP) is 2.17. The van der Waals surface area contributed by atoms with Crippen LogP contribution in [0.5, 0.6) is 0 Å². The van der Waals surface area contributed by atoms with Crippen molar-refractivity contribution in [3.63, 3.8) is 0 Å². The average molecular weight is 219 g/mol. The maximum Gasteiger partial charge on any atom is 0.133 e. The van der Waals surface area contributed by atoms with Crippen LogP contribution < -0.4 is 10.6 Å². The van der Waals surface area contributed by atoms with Crippen LogP contribution in [-0.4, -0.2) is 18.1 Å². The first-order valence-electron chi connectivity index (χ1n) is 5.67. The quantitative estimate of drug-likeness (QED) is 0.772. The molecule has 0 fully saturated rings. The zero-order valence-corrected chi connectivity index (χ0v) is 10.5. The molecule has 0 aliphatic carbocycles. The SMILES string of the molecule is C=CCN(CC)c1nc(C)cc(C)c1CN. The van der Waals surface area contributed by atoms with E-state index in [-0.39, 0.29) is 0 Å². The summed E-state index contributed by atoms with van der Waals surface area (Å²) in [6.07, 6.45) is 1.89. The third-order valence-corrected chi connectivity index (χ3v) is 2.69. The van der Waals surface area contributed by atoms with Crippen LogP contribution in [0.3, 0.4) is 0 Å². The summed E-state index contributed by atoms with van der Waals surface area (Å²) in [6, 6.07) is 2.08. The van der Waals surface area contributed by atoms with E-state index >= 15 is 0 Å². The van der Waals surface area contributed by atoms with Gasteiger partial charge in [0.1, 0.15) is 5.82 Å². The maximum absolute atomic E-state index is 5.80. The summed E-state index contributed by atoms with van der Waals surface area (Å²) in [5.74, 6) is 1.00. The molecule has 1 aromatic rings. The zero-order chi connectivity index (χ0) is 12.1. The van der Waals surface area contributed by atoms with Crippen molar-refractivity contribution in [2.24, 2.45) is 5.73 Å². The lowest BCUT2D eigenvalue weighted by Crippen LogP contribution is -2.26. The van der Waals surface area contributed by atoms with Crippen LogP contribution in [0.25, 0.3) is 0 Å². The van der Waals surface area contributed by atoms with Crippen molar-refractivity contribution in [3.8, 4) is 0 Å². The summed E-state index contributed by atoms with van der Waals surface area (Å²) in [7, 11) is 0. The van der Waals surface area contributed by atoms with Gasteiger partial charge in [-0.25, -0.2) is 4.98 Å². The summed E-state index contributed by atoms with van der Waals surface area (Å²) in [5.41, 5.74) is 9.18. The number of hydrogen-bond donors (Lipinski definition) is 1. The van der Waals surface area contributed by atoms with E-state index in [0.29, 0.717) is 6.54 Å². The second kappa shape index (κ2) is 5.66. The van der Waals surface area contributed by atoms with Crippen LogP contribution in [0.1, 0.15) is 23.7 Å². The minimum atomic E-state index is 0.530. The molecule has 3 heteroatoms. The van der Waals surface area contributed by atoms with E-state index in [0.717, 1.165) is 30.2 Å². The highest BCUT2D eigenvalue weighted by molar-refractivity contribution is 5.51. The molecule has 1 rings (SSSR count). The van der Waals surface area contributed by atoms with Crippen LogP contribution in [0.15, 0.2) is 18.7 Å². The van der Waals surface area contributed by atoms with Crippen molar-refractivity contribution in [1.29, 1.82) is 0 Å². The third kappa shape index (κ3) is 2.61. The lowest BCUT2D eigenvalue weighted by Gasteiger charge is -2.24. The van der Waals surface area contributed by atoms with E-state index in [4.69, 9.17) is 5.73 Å². The second-order valence-corrected chi connectivity index (χ2v) is 3.91. The number of likely N-dealkylation sites (N-methyl/N-ethyl adjacent to an activating group) is 1. The van der Waals surface area contributed by atoms with Crippen molar-refractivity contribution in [2.75, 3.05) is 18.0 Å². The molecule has 3 nitrogen and oxygen atoms in total. The van der Waals surface area contributed by atoms with Crippen LogP contribution in [0.2, 0.25) is 0 Å². The number of hydrogen-bond acceptors (Lipinski definition) is 3. The summed E-state index contributed by atoms with van der Waals surface area (Å²) >= 11 is 0. The molecule has 0 aliphatic rings. The van der Waals surface area contributed by atoms with Gasteiger partial charge in [-0.2, -0.15) is 0 Å². The monoisotopic (exact) mass is 219 g/mol. The van der Waals surface area contributed by atoms with E-state index in [1.54, 1.807) is 0 Å². The van der Waals surface area contributed by atoms with Crippen LogP contribution >= 0.6 is 0 Å². The molecular weight excluding hydrogens is 198 g/mol. The van der Waals surface area contributed by atoms with Gasteiger partial charge in [-0.15, -0.1) is 6.58 Å². The number of rotatable bonds is 5. The molecule has 0 atom stereocenters. The summed E-state index contributed by atoms with van der Waals surface area (Å²) < 4.78 is 0. The first-order valence-corrected chi connectivity index (χ1v) is 5.67. The van der Waals surface area contributed by atoms with Crippen molar-refractivity contribution in [1.82, 2.24) is 4.98 Å². The minimum Gasteiger partial charge on any atom is -0.353 e. The van der Waals surface area contributed by atoms with Gasteiger partial charge in [-0.1, -0.05) is 6.08 Å². The Morgan fingerprint density at radius 3 is 2.69 bits per heavy atom. The van der Waals surface area contributed by atoms with Gasteiger partial charge in [-0.3, -0.25) is 0 Å². The maximum atomic E-state index is 5.80. The molecule has 0 aliphatic heterocycles. The molecule has 0 amide bonds. The van der Waals surface area contributed by atoms with Gasteiger partial charge in [0.2, 0.25) is 0 Å². The topological polar surface area (TPSA) is 42.2 Å². The van der Waals surface area contributed by atoms with E-state index in [2.05, 4.69) is 36.4 Å². The van der Waals surface area contributed by atoms with Crippen LogP contribution in [-0.2, 0) is 6.54 Å². The highest BCUT2D eigenvalue weighted by Crippen LogP contribution is 2.21. The number of pyridine rings is 1. The molecule has 0 bridgehead atoms. The van der Waals surface area contributed by atoms with Crippen LogP contribution in [0.4, 0.5) is 5.82 Å². The fraction of sp³-hybridized carbons (Fsp3) is 0.462. The lowest BCUT2D eigenvalue weighted by atomic mass is 10.1. The number of anilines is 1. The Kier molecular flexibility index (Phi) is 4.50. The second-order valence-electron chi connectivity index (χ2n) is 3.91. The molecule has 1 aromatic heterocycles. The van der Waals surface area contributed by atoms with Gasteiger partial charge in [0.05, 0.1) is 0 Å². The van der Waals surface area contributed by atoms with Crippen molar-refractivity contribution >= 4 is 5.82 Å². The van der Waals surface area contributed by atoms with Crippen molar-refractivity contribution in [3.05, 3.63) is 35.5 Å². The van der Waals surface area contributed by atoms with Gasteiger partial charge in [0.25, 0.3) is 0 Å². The Labute approximate surface area is 98.0 Å². The average Bonchev–Trinajstić information content (AvgIpc) is 2.25. The van der Waals surface area contributed by atoms with Crippen LogP contribution in [0, 0.1) is 13.8 Å². The summed E-state index contributed by atoms with van der Waals surface area (Å²) in [5, 5.41) is 0. The van der Waals surface area contributed by atoms with Gasteiger partial charge >= 0.3 is 0 Å². The van der Waals surface area contributed by atoms with Gasteiger partial charge in [0.15, 0.2) is 0 Å². The highest BCUT2D eigenvalue weighted by Gasteiger charge is 2.12. The zero-order valence-electron chi connectivity index (χ0n) is 10.5. The molecule has 0 saturated carbocycles. The molecule has 16 heavy (non-hydrogen) atoms. The Hall–Kier alpha value is -1.35. The number of nitrogens with two attached hydrogens (primary N) is 1. The molecule has 0 aromatic carbocycles. The first kappa shape index (κ1) is 12.7. The molecule has 0 unspecified atom stereocenters. The minimum absolute atomic E-state index is 0.530. The molecule has 1 heterocycles. The number of aryl methyl sites for hydroxylation is 2. The Morgan fingerprint density at radius 1 is 1.50 bits per heavy atom. The summed E-state index contributed by atoms with van der Waals surface area (Å²) in [6.45, 7) is 12.2. The molecule has 0 radical (unpaired) electrons. The molecule has 2 N–H and O–H groups in total. The van der Waals surface area contributed by atoms with E-state index in [9.17, 15) is 0 Å². The fourth-order valence-corrected chi connectivity index (χ4v) is 1.88. The Balaban J connectivity index is 3.22. The molecule has 88 valence electrons. The smallest absolute Gasteiger partial charge is 0.133 e. The Morgan fingerprint density at radius 2 is 2.19 bits per heavy atom. The lowest BCUT2D eigenvalue weighted by molar-refractivity contribution is 0.853. The largest absolute Gasteiger partial charge is 0.353 e. The number of aromatic nitrogens is 1. The highest BCUT2D eigenvalue weighted by atomic mass is 15.2. The molecule has 0 saturated heterocycles. The molecular formula is C13H21N3. The first-order chi connectivity index (χ1) is 7.63. The summed E-state index contributed by atoms with van der Waals surface area (Å²) in [4.78, 5) is 6.78. The van der Waals surface area contributed by atoms with E-state index in [1.807, 2.05) is 13.0 Å². The van der Waals surface area contributed by atoms with E-state index in [1.165, 1.54) is 5.56 Å². The van der Waals surface area contributed by atoms with Gasteiger partial charge < -0.3 is 10.6 Å². The molecule has 0 spiro atoms. The fourth-order valence-electron chi connectivity index (χ4n) is 1.88. The van der Waals surface area contributed by atoms with Gasteiger partial charge in [0, 0.05) is 30.9 Å². The van der Waals surface area contributed by atoms with Crippen molar-refractivity contribution in [2.45, 2.75) is 27.3 Å². The normalized spacial score (nSPS) is 10.2. The Bertz CT molecular complexity index is 372. The number of nitrogens with zero attached hydrogens (tertiary/aromatic N) is 2. The predicted molar refractivity (Wildman–Crippen MR) is 69.7 cm³/mol. The van der Waals surface area contributed by atoms with Gasteiger partial charge in [-0.05, 0) is 32.4 Å². The third-order valence-electron chi connectivity index (χ3n) is 2.69. The van der Waals surface area contributed by atoms with E-state index < -0.39 is 0 Å².